The molecule has 28 heavy (non-hydrogen) atoms. The molecule has 0 heterocycles. The first-order valence-electron chi connectivity index (χ1n) is 8.33. The van der Waals surface area contributed by atoms with Crippen molar-refractivity contribution in [3.63, 3.8) is 0 Å². The number of thiocarbonyl (C=S) groups is 1. The summed E-state index contributed by atoms with van der Waals surface area (Å²) in [6.45, 7) is -0.234. The number of benzene rings is 3. The topological polar surface area (TPSA) is 99.7 Å². The molecule has 0 saturated heterocycles. The van der Waals surface area contributed by atoms with E-state index >= 15 is 0 Å². The van der Waals surface area contributed by atoms with E-state index in [0.29, 0.717) is 11.3 Å². The van der Waals surface area contributed by atoms with Crippen LogP contribution < -0.4 is 20.9 Å². The SMILES string of the molecule is O=C(COc1cccc2ccccc12)NC(=S)NNC(=O)c1ccc(O)cc1. The number of hydrogen-bond acceptors (Lipinski definition) is 5. The second-order valence-corrected chi connectivity index (χ2v) is 6.18. The molecule has 3 rings (SSSR count). The van der Waals surface area contributed by atoms with Crippen LogP contribution in [0.5, 0.6) is 11.5 Å². The highest BCUT2D eigenvalue weighted by Gasteiger charge is 2.09. The molecule has 0 atom stereocenters. The number of carbonyl (C=O) groups excluding carboxylic acids is 2. The quantitative estimate of drug-likeness (QED) is 0.400. The molecule has 2 amide bonds. The van der Waals surface area contributed by atoms with Crippen LogP contribution in [0.3, 0.4) is 0 Å². The largest absolute Gasteiger partial charge is 0.508 e. The van der Waals surface area contributed by atoms with Crippen molar-refractivity contribution in [2.24, 2.45) is 0 Å². The zero-order valence-electron chi connectivity index (χ0n) is 14.6. The van der Waals surface area contributed by atoms with Crippen LogP contribution in [0.1, 0.15) is 10.4 Å². The highest BCUT2D eigenvalue weighted by Crippen LogP contribution is 2.24. The van der Waals surface area contributed by atoms with Crippen molar-refractivity contribution in [1.82, 2.24) is 16.2 Å². The minimum atomic E-state index is -0.469. The third-order valence-corrected chi connectivity index (χ3v) is 3.98. The zero-order valence-corrected chi connectivity index (χ0v) is 15.5. The Morgan fingerprint density at radius 2 is 1.64 bits per heavy atom. The van der Waals surface area contributed by atoms with Crippen molar-refractivity contribution in [1.29, 1.82) is 0 Å². The van der Waals surface area contributed by atoms with Crippen LogP contribution >= 0.6 is 12.2 Å². The first-order chi connectivity index (χ1) is 13.5. The molecule has 0 unspecified atom stereocenters. The fourth-order valence-electron chi connectivity index (χ4n) is 2.46. The highest BCUT2D eigenvalue weighted by atomic mass is 32.1. The summed E-state index contributed by atoms with van der Waals surface area (Å²) in [7, 11) is 0. The summed E-state index contributed by atoms with van der Waals surface area (Å²) in [4.78, 5) is 23.9. The van der Waals surface area contributed by atoms with Crippen LogP contribution in [-0.2, 0) is 4.79 Å². The van der Waals surface area contributed by atoms with Gasteiger partial charge in [0.1, 0.15) is 11.5 Å². The van der Waals surface area contributed by atoms with Gasteiger partial charge in [0.2, 0.25) is 0 Å². The van der Waals surface area contributed by atoms with Gasteiger partial charge in [0.05, 0.1) is 0 Å². The molecule has 0 aliphatic heterocycles. The molecular weight excluding hydrogens is 378 g/mol. The van der Waals surface area contributed by atoms with E-state index in [1.165, 1.54) is 24.3 Å². The second kappa shape index (κ2) is 8.83. The number of ether oxygens (including phenoxy) is 1. The number of rotatable bonds is 4. The predicted octanol–water partition coefficient (Wildman–Crippen LogP) is 2.26. The third kappa shape index (κ3) is 4.95. The normalized spacial score (nSPS) is 10.1. The number of hydrazine groups is 1. The lowest BCUT2D eigenvalue weighted by Crippen LogP contribution is -2.49. The number of fused-ring (bicyclic) bond motifs is 1. The Balaban J connectivity index is 1.47. The maximum atomic E-state index is 12.0. The highest BCUT2D eigenvalue weighted by molar-refractivity contribution is 7.80. The van der Waals surface area contributed by atoms with Gasteiger partial charge in [-0.25, -0.2) is 0 Å². The van der Waals surface area contributed by atoms with E-state index in [4.69, 9.17) is 17.0 Å². The molecule has 0 saturated carbocycles. The van der Waals surface area contributed by atoms with Gasteiger partial charge in [0.25, 0.3) is 11.8 Å². The van der Waals surface area contributed by atoms with Gasteiger partial charge in [0.15, 0.2) is 11.7 Å². The maximum Gasteiger partial charge on any atom is 0.269 e. The molecule has 0 aliphatic carbocycles. The average molecular weight is 395 g/mol. The molecule has 142 valence electrons. The van der Waals surface area contributed by atoms with Gasteiger partial charge >= 0.3 is 0 Å². The Hall–Kier alpha value is -3.65. The van der Waals surface area contributed by atoms with Crippen molar-refractivity contribution >= 4 is 39.9 Å². The summed E-state index contributed by atoms with van der Waals surface area (Å²) in [5.41, 5.74) is 5.11. The van der Waals surface area contributed by atoms with Crippen LogP contribution in [0.4, 0.5) is 0 Å². The summed E-state index contributed by atoms with van der Waals surface area (Å²) in [6, 6.07) is 19.0. The summed E-state index contributed by atoms with van der Waals surface area (Å²) in [5.74, 6) is -0.292. The molecule has 0 fully saturated rings. The molecule has 4 N–H and O–H groups in total. The molecular formula is C20H17N3O4S. The van der Waals surface area contributed by atoms with Crippen molar-refractivity contribution in [3.8, 4) is 11.5 Å². The molecule has 0 spiro atoms. The van der Waals surface area contributed by atoms with E-state index in [0.717, 1.165) is 10.8 Å². The van der Waals surface area contributed by atoms with E-state index in [2.05, 4.69) is 16.2 Å². The number of aromatic hydroxyl groups is 1. The van der Waals surface area contributed by atoms with Crippen molar-refractivity contribution < 1.29 is 19.4 Å². The van der Waals surface area contributed by atoms with Crippen LogP contribution in [0.25, 0.3) is 10.8 Å². The lowest BCUT2D eigenvalue weighted by atomic mass is 10.1. The fraction of sp³-hybridized carbons (Fsp3) is 0.0500. The smallest absolute Gasteiger partial charge is 0.269 e. The lowest BCUT2D eigenvalue weighted by Gasteiger charge is -2.12. The molecule has 8 heteroatoms. The van der Waals surface area contributed by atoms with Gasteiger partial charge in [-0.2, -0.15) is 0 Å². The third-order valence-electron chi connectivity index (χ3n) is 3.78. The number of phenolic OH excluding ortho intramolecular Hbond substituents is 1. The summed E-state index contributed by atoms with van der Waals surface area (Å²) < 4.78 is 5.58. The summed E-state index contributed by atoms with van der Waals surface area (Å²) >= 11 is 4.97. The summed E-state index contributed by atoms with van der Waals surface area (Å²) in [6.07, 6.45) is 0. The molecule has 3 aromatic carbocycles. The Kier molecular flexibility index (Phi) is 6.03. The van der Waals surface area contributed by atoms with E-state index in [1.54, 1.807) is 6.07 Å². The van der Waals surface area contributed by atoms with Gasteiger partial charge in [0, 0.05) is 10.9 Å². The number of nitrogens with one attached hydrogen (secondary N) is 3. The number of carbonyl (C=O) groups is 2. The Morgan fingerprint density at radius 1 is 0.929 bits per heavy atom. The minimum absolute atomic E-state index is 0.0542. The van der Waals surface area contributed by atoms with Crippen LogP contribution in [0.15, 0.2) is 66.7 Å². The van der Waals surface area contributed by atoms with Gasteiger partial charge in [-0.15, -0.1) is 0 Å². The molecule has 7 nitrogen and oxygen atoms in total. The van der Waals surface area contributed by atoms with Crippen LogP contribution in [0, 0.1) is 0 Å². The molecule has 0 aliphatic rings. The van der Waals surface area contributed by atoms with Crippen molar-refractivity contribution in [3.05, 3.63) is 72.3 Å². The molecule has 3 aromatic rings. The standard InChI is InChI=1S/C20H17N3O4S/c24-15-10-8-14(9-11-15)19(26)22-23-20(28)21-18(25)12-27-17-7-3-5-13-4-1-2-6-16(13)17/h1-11,24H,12H2,(H,22,26)(H2,21,23,25,28). The minimum Gasteiger partial charge on any atom is -0.508 e. The van der Waals surface area contributed by atoms with Gasteiger partial charge in [-0.3, -0.25) is 25.8 Å². The van der Waals surface area contributed by atoms with Gasteiger partial charge in [-0.1, -0.05) is 36.4 Å². The first kappa shape index (κ1) is 19.1. The Labute approximate surface area is 166 Å². The first-order valence-corrected chi connectivity index (χ1v) is 8.73. The lowest BCUT2D eigenvalue weighted by molar-refractivity contribution is -0.121. The van der Waals surface area contributed by atoms with E-state index in [1.807, 2.05) is 36.4 Å². The second-order valence-electron chi connectivity index (χ2n) is 5.77. The monoisotopic (exact) mass is 395 g/mol. The van der Waals surface area contributed by atoms with Crippen molar-refractivity contribution in [2.45, 2.75) is 0 Å². The molecule has 0 radical (unpaired) electrons. The maximum absolute atomic E-state index is 12.0. The Bertz CT molecular complexity index is 1020. The van der Waals surface area contributed by atoms with Gasteiger partial charge in [-0.05, 0) is 47.9 Å². The Morgan fingerprint density at radius 3 is 2.43 bits per heavy atom. The fourth-order valence-corrected chi connectivity index (χ4v) is 2.62. The van der Waals surface area contributed by atoms with E-state index in [9.17, 15) is 14.7 Å². The number of phenols is 1. The van der Waals surface area contributed by atoms with E-state index in [-0.39, 0.29) is 17.5 Å². The van der Waals surface area contributed by atoms with Crippen LogP contribution in [-0.4, -0.2) is 28.6 Å². The number of hydrogen-bond donors (Lipinski definition) is 4. The average Bonchev–Trinajstić information content (AvgIpc) is 2.71. The van der Waals surface area contributed by atoms with E-state index < -0.39 is 11.8 Å². The van der Waals surface area contributed by atoms with Crippen LogP contribution in [0.2, 0.25) is 0 Å². The molecule has 0 bridgehead atoms. The molecule has 0 aromatic heterocycles. The van der Waals surface area contributed by atoms with Gasteiger partial charge < -0.3 is 9.84 Å². The van der Waals surface area contributed by atoms with Crippen molar-refractivity contribution in [2.75, 3.05) is 6.61 Å². The summed E-state index contributed by atoms with van der Waals surface area (Å²) in [5, 5.41) is 13.5. The number of amides is 2. The zero-order chi connectivity index (χ0) is 19.9. The predicted molar refractivity (Wildman–Crippen MR) is 109 cm³/mol.